The Labute approximate surface area is 193 Å². The van der Waals surface area contributed by atoms with E-state index in [-0.39, 0.29) is 30.0 Å². The van der Waals surface area contributed by atoms with Gasteiger partial charge in [-0.05, 0) is 42.3 Å². The molecule has 0 spiro atoms. The van der Waals surface area contributed by atoms with Crippen molar-refractivity contribution in [3.8, 4) is 17.2 Å². The minimum absolute atomic E-state index is 0.0321. The van der Waals surface area contributed by atoms with E-state index in [0.717, 1.165) is 6.42 Å². The Morgan fingerprint density at radius 3 is 2.45 bits per heavy atom. The number of carbonyl (C=O) groups excluding carboxylic acids is 2. The maximum Gasteiger partial charge on any atom is 0.295 e. The average molecular weight is 456 g/mol. The van der Waals surface area contributed by atoms with E-state index >= 15 is 0 Å². The first-order valence-corrected chi connectivity index (χ1v) is 10.7. The van der Waals surface area contributed by atoms with E-state index in [1.807, 2.05) is 13.0 Å². The van der Waals surface area contributed by atoms with Gasteiger partial charge in [0, 0.05) is 13.7 Å². The number of Topliss-reactive ketones (excluding diaryl/α,β-unsaturated/α-hetero) is 1. The highest BCUT2D eigenvalue weighted by atomic mass is 16.5. The molecule has 33 heavy (non-hydrogen) atoms. The van der Waals surface area contributed by atoms with E-state index in [1.54, 1.807) is 36.4 Å². The maximum absolute atomic E-state index is 13.1. The van der Waals surface area contributed by atoms with Gasteiger partial charge in [0.25, 0.3) is 11.7 Å². The van der Waals surface area contributed by atoms with Crippen LogP contribution in [0.5, 0.6) is 17.2 Å². The quantitative estimate of drug-likeness (QED) is 0.333. The van der Waals surface area contributed by atoms with E-state index in [2.05, 4.69) is 0 Å². The van der Waals surface area contributed by atoms with Crippen molar-refractivity contribution in [1.82, 2.24) is 4.90 Å². The van der Waals surface area contributed by atoms with Crippen LogP contribution in [0.1, 0.15) is 30.5 Å². The summed E-state index contributed by atoms with van der Waals surface area (Å²) in [6, 6.07) is 11.2. The Kier molecular flexibility index (Phi) is 7.95. The molecule has 0 bridgehead atoms. The van der Waals surface area contributed by atoms with Crippen molar-refractivity contribution >= 4 is 17.4 Å². The smallest absolute Gasteiger partial charge is 0.295 e. The lowest BCUT2D eigenvalue weighted by Crippen LogP contribution is -2.32. The molecule has 1 aliphatic rings. The molecule has 1 unspecified atom stereocenters. The van der Waals surface area contributed by atoms with Crippen molar-refractivity contribution in [3.63, 3.8) is 0 Å². The topological polar surface area (TPSA) is 94.5 Å². The van der Waals surface area contributed by atoms with Crippen LogP contribution in [0.2, 0.25) is 0 Å². The number of carbonyl (C=O) groups is 2. The van der Waals surface area contributed by atoms with Gasteiger partial charge in [-0.1, -0.05) is 19.1 Å². The molecule has 8 nitrogen and oxygen atoms in total. The summed E-state index contributed by atoms with van der Waals surface area (Å²) in [4.78, 5) is 27.5. The van der Waals surface area contributed by atoms with Crippen molar-refractivity contribution in [1.29, 1.82) is 0 Å². The number of benzene rings is 2. The molecule has 176 valence electrons. The molecule has 0 saturated carbocycles. The second kappa shape index (κ2) is 10.9. The van der Waals surface area contributed by atoms with Gasteiger partial charge in [-0.3, -0.25) is 9.59 Å². The number of nitrogens with zero attached hydrogens (tertiary/aromatic N) is 1. The summed E-state index contributed by atoms with van der Waals surface area (Å²) in [5.74, 6) is -0.397. The summed E-state index contributed by atoms with van der Waals surface area (Å²) in [5.41, 5.74) is 0.864. The average Bonchev–Trinajstić information content (AvgIpc) is 3.10. The van der Waals surface area contributed by atoms with Gasteiger partial charge < -0.3 is 29.0 Å². The third kappa shape index (κ3) is 4.96. The van der Waals surface area contributed by atoms with Crippen LogP contribution in [0.25, 0.3) is 5.76 Å². The lowest BCUT2D eigenvalue weighted by atomic mass is 9.94. The van der Waals surface area contributed by atoms with Crippen LogP contribution in [0, 0.1) is 0 Å². The lowest BCUT2D eigenvalue weighted by molar-refractivity contribution is -0.140. The SMILES string of the molecule is CCCOc1cccc(C2/C(=C(\O)c3cc(OC)ccc3OC)C(=O)C(=O)N2CCOC)c1. The van der Waals surface area contributed by atoms with Crippen molar-refractivity contribution in [2.75, 3.05) is 41.1 Å². The first kappa shape index (κ1) is 24.1. The van der Waals surface area contributed by atoms with Crippen molar-refractivity contribution in [2.45, 2.75) is 19.4 Å². The summed E-state index contributed by atoms with van der Waals surface area (Å²) in [7, 11) is 4.48. The molecule has 1 fully saturated rings. The number of aliphatic hydroxyl groups excluding tert-OH is 1. The van der Waals surface area contributed by atoms with Crippen LogP contribution in [-0.2, 0) is 14.3 Å². The normalized spacial score (nSPS) is 17.3. The van der Waals surface area contributed by atoms with Gasteiger partial charge in [0.1, 0.15) is 23.0 Å². The number of amides is 1. The minimum Gasteiger partial charge on any atom is -0.507 e. The number of hydrogen-bond acceptors (Lipinski definition) is 7. The van der Waals surface area contributed by atoms with Crippen LogP contribution in [0.3, 0.4) is 0 Å². The van der Waals surface area contributed by atoms with E-state index in [4.69, 9.17) is 18.9 Å². The Morgan fingerprint density at radius 1 is 1.00 bits per heavy atom. The fraction of sp³-hybridized carbons (Fsp3) is 0.360. The summed E-state index contributed by atoms with van der Waals surface area (Å²) >= 11 is 0. The third-order valence-corrected chi connectivity index (χ3v) is 5.38. The number of hydrogen-bond donors (Lipinski definition) is 1. The van der Waals surface area contributed by atoms with E-state index < -0.39 is 17.7 Å². The highest BCUT2D eigenvalue weighted by molar-refractivity contribution is 6.46. The monoisotopic (exact) mass is 455 g/mol. The van der Waals surface area contributed by atoms with Gasteiger partial charge in [0.2, 0.25) is 0 Å². The maximum atomic E-state index is 13.1. The summed E-state index contributed by atoms with van der Waals surface area (Å²) < 4.78 is 21.5. The van der Waals surface area contributed by atoms with Gasteiger partial charge in [0.15, 0.2) is 0 Å². The zero-order valence-electron chi connectivity index (χ0n) is 19.3. The fourth-order valence-corrected chi connectivity index (χ4v) is 3.79. The number of likely N-dealkylation sites (tertiary alicyclic amines) is 1. The molecule has 1 heterocycles. The van der Waals surface area contributed by atoms with Gasteiger partial charge in [-0.25, -0.2) is 0 Å². The summed E-state index contributed by atoms with van der Waals surface area (Å²) in [6.45, 7) is 2.95. The molecule has 0 aliphatic carbocycles. The molecule has 8 heteroatoms. The molecule has 3 rings (SSSR count). The Balaban J connectivity index is 2.19. The van der Waals surface area contributed by atoms with Crippen LogP contribution >= 0.6 is 0 Å². The molecular weight excluding hydrogens is 426 g/mol. The Morgan fingerprint density at radius 2 is 1.79 bits per heavy atom. The van der Waals surface area contributed by atoms with E-state index in [0.29, 0.717) is 29.4 Å². The molecule has 2 aromatic carbocycles. The highest BCUT2D eigenvalue weighted by Crippen LogP contribution is 2.42. The number of rotatable bonds is 10. The summed E-state index contributed by atoms with van der Waals surface area (Å²) in [5, 5.41) is 11.3. The predicted octanol–water partition coefficient (Wildman–Crippen LogP) is 3.56. The standard InChI is InChI=1S/C25H29NO7/c1-5-12-33-18-8-6-7-16(14-18)22-21(24(28)25(29)26(22)11-13-30-2)23(27)19-15-17(31-3)9-10-20(19)32-4/h6-10,14-15,22,27H,5,11-13H2,1-4H3/b23-21+. The summed E-state index contributed by atoms with van der Waals surface area (Å²) in [6.07, 6.45) is 0.839. The molecule has 0 radical (unpaired) electrons. The molecule has 1 N–H and O–H groups in total. The molecule has 1 atom stereocenters. The minimum atomic E-state index is -0.818. The van der Waals surface area contributed by atoms with Gasteiger partial charge in [-0.15, -0.1) is 0 Å². The number of ether oxygens (including phenoxy) is 4. The molecular formula is C25H29NO7. The first-order valence-electron chi connectivity index (χ1n) is 10.7. The van der Waals surface area contributed by atoms with Crippen molar-refractivity contribution < 1.29 is 33.6 Å². The zero-order valence-corrected chi connectivity index (χ0v) is 19.3. The largest absolute Gasteiger partial charge is 0.507 e. The highest BCUT2D eigenvalue weighted by Gasteiger charge is 2.46. The van der Waals surface area contributed by atoms with E-state index in [1.165, 1.54) is 26.2 Å². The van der Waals surface area contributed by atoms with Gasteiger partial charge >= 0.3 is 0 Å². The lowest BCUT2D eigenvalue weighted by Gasteiger charge is -2.25. The van der Waals surface area contributed by atoms with Crippen molar-refractivity contribution in [2.24, 2.45) is 0 Å². The molecule has 1 saturated heterocycles. The first-order chi connectivity index (χ1) is 16.0. The second-order valence-corrected chi connectivity index (χ2v) is 7.47. The number of methoxy groups -OCH3 is 3. The van der Waals surface area contributed by atoms with Gasteiger partial charge in [-0.2, -0.15) is 0 Å². The van der Waals surface area contributed by atoms with E-state index in [9.17, 15) is 14.7 Å². The van der Waals surface area contributed by atoms with Crippen LogP contribution in [0.4, 0.5) is 0 Å². The Bertz CT molecular complexity index is 1050. The molecule has 0 aromatic heterocycles. The van der Waals surface area contributed by atoms with Crippen molar-refractivity contribution in [3.05, 3.63) is 59.2 Å². The zero-order chi connectivity index (χ0) is 24.0. The molecule has 2 aromatic rings. The van der Waals surface area contributed by atoms with Crippen LogP contribution < -0.4 is 14.2 Å². The molecule has 1 amide bonds. The van der Waals surface area contributed by atoms with Gasteiger partial charge in [0.05, 0.1) is 44.6 Å². The third-order valence-electron chi connectivity index (χ3n) is 5.38. The second-order valence-electron chi connectivity index (χ2n) is 7.47. The number of ketones is 1. The predicted molar refractivity (Wildman–Crippen MR) is 123 cm³/mol. The Hall–Kier alpha value is -3.52. The number of aliphatic hydroxyl groups is 1. The molecule has 1 aliphatic heterocycles. The van der Waals surface area contributed by atoms with Crippen LogP contribution in [0.15, 0.2) is 48.0 Å². The fourth-order valence-electron chi connectivity index (χ4n) is 3.79. The van der Waals surface area contributed by atoms with Crippen LogP contribution in [-0.4, -0.2) is 62.8 Å².